The van der Waals surface area contributed by atoms with E-state index in [2.05, 4.69) is 10.1 Å². The van der Waals surface area contributed by atoms with E-state index in [1.807, 2.05) is 4.90 Å². The van der Waals surface area contributed by atoms with E-state index in [4.69, 9.17) is 14.0 Å². The van der Waals surface area contributed by atoms with Gasteiger partial charge in [0, 0.05) is 31.0 Å². The van der Waals surface area contributed by atoms with E-state index in [1.165, 1.54) is 0 Å². The van der Waals surface area contributed by atoms with Gasteiger partial charge in [-0.3, -0.25) is 4.79 Å². The van der Waals surface area contributed by atoms with Gasteiger partial charge in [0.1, 0.15) is 0 Å². The van der Waals surface area contributed by atoms with Crippen LogP contribution in [0.2, 0.25) is 0 Å². The summed E-state index contributed by atoms with van der Waals surface area (Å²) in [6, 6.07) is 5.29. The van der Waals surface area contributed by atoms with Crippen LogP contribution in [0, 0.1) is 5.92 Å². The van der Waals surface area contributed by atoms with E-state index >= 15 is 0 Å². The van der Waals surface area contributed by atoms with Crippen molar-refractivity contribution in [2.24, 2.45) is 5.92 Å². The summed E-state index contributed by atoms with van der Waals surface area (Å²) >= 11 is 0. The lowest BCUT2D eigenvalue weighted by molar-refractivity contribution is 0.0667. The fourth-order valence-corrected chi connectivity index (χ4v) is 3.67. The molecule has 2 heterocycles. The van der Waals surface area contributed by atoms with E-state index < -0.39 is 0 Å². The molecule has 0 N–H and O–H groups in total. The summed E-state index contributed by atoms with van der Waals surface area (Å²) in [5.41, 5.74) is 0.613. The van der Waals surface area contributed by atoms with Crippen molar-refractivity contribution < 1.29 is 18.8 Å². The van der Waals surface area contributed by atoms with E-state index in [9.17, 15) is 4.79 Å². The Labute approximate surface area is 158 Å². The van der Waals surface area contributed by atoms with E-state index in [1.54, 1.807) is 32.4 Å². The van der Waals surface area contributed by atoms with Crippen LogP contribution in [0.3, 0.4) is 0 Å². The molecule has 1 amide bonds. The number of hydrogen-bond acceptors (Lipinski definition) is 6. The second kappa shape index (κ2) is 7.58. The van der Waals surface area contributed by atoms with Gasteiger partial charge in [0.2, 0.25) is 5.89 Å². The number of piperidine rings is 1. The molecule has 7 nitrogen and oxygen atoms in total. The van der Waals surface area contributed by atoms with Gasteiger partial charge in [-0.25, -0.2) is 0 Å². The zero-order chi connectivity index (χ0) is 18.8. The Morgan fingerprint density at radius 2 is 2.04 bits per heavy atom. The molecule has 0 radical (unpaired) electrons. The largest absolute Gasteiger partial charge is 0.493 e. The summed E-state index contributed by atoms with van der Waals surface area (Å²) in [6.07, 6.45) is 5.10. The van der Waals surface area contributed by atoms with E-state index in [-0.39, 0.29) is 5.91 Å². The van der Waals surface area contributed by atoms with Crippen molar-refractivity contribution in [1.29, 1.82) is 0 Å². The van der Waals surface area contributed by atoms with Crippen LogP contribution < -0.4 is 9.47 Å². The highest BCUT2D eigenvalue weighted by Crippen LogP contribution is 2.38. The Morgan fingerprint density at radius 1 is 1.22 bits per heavy atom. The Morgan fingerprint density at radius 3 is 2.78 bits per heavy atom. The molecule has 0 spiro atoms. The number of carbonyl (C=O) groups excluding carboxylic acids is 1. The number of rotatable bonds is 6. The van der Waals surface area contributed by atoms with Gasteiger partial charge in [-0.15, -0.1) is 0 Å². The van der Waals surface area contributed by atoms with Gasteiger partial charge in [-0.2, -0.15) is 4.98 Å². The number of hydrogen-bond donors (Lipinski definition) is 0. The van der Waals surface area contributed by atoms with Crippen molar-refractivity contribution in [1.82, 2.24) is 15.0 Å². The Balaban J connectivity index is 1.41. The van der Waals surface area contributed by atoms with Crippen molar-refractivity contribution in [2.75, 3.05) is 27.3 Å². The highest BCUT2D eigenvalue weighted by molar-refractivity contribution is 5.95. The average molecular weight is 371 g/mol. The number of benzene rings is 1. The topological polar surface area (TPSA) is 77.7 Å². The molecule has 1 aliphatic carbocycles. The first-order chi connectivity index (χ1) is 13.2. The van der Waals surface area contributed by atoms with Gasteiger partial charge in [0.25, 0.3) is 5.91 Å². The third-order valence-corrected chi connectivity index (χ3v) is 5.33. The summed E-state index contributed by atoms with van der Waals surface area (Å²) in [5.74, 6) is 3.59. The SMILES string of the molecule is COc1ccc(C(=O)N2CCCC(Cc3nc(C4CC4)no3)C2)cc1OC. The molecule has 1 atom stereocenters. The smallest absolute Gasteiger partial charge is 0.254 e. The molecule has 1 saturated carbocycles. The van der Waals surface area contributed by atoms with Crippen LogP contribution >= 0.6 is 0 Å². The fraction of sp³-hybridized carbons (Fsp3) is 0.550. The first-order valence-electron chi connectivity index (χ1n) is 9.51. The van der Waals surface area contributed by atoms with Crippen molar-refractivity contribution in [2.45, 2.75) is 38.0 Å². The fourth-order valence-electron chi connectivity index (χ4n) is 3.67. The first-order valence-corrected chi connectivity index (χ1v) is 9.51. The molecule has 7 heteroatoms. The number of methoxy groups -OCH3 is 2. The number of ether oxygens (including phenoxy) is 2. The molecule has 144 valence electrons. The van der Waals surface area contributed by atoms with Gasteiger partial charge in [-0.1, -0.05) is 5.16 Å². The Kier molecular flexibility index (Phi) is 5.01. The molecule has 4 rings (SSSR count). The third-order valence-electron chi connectivity index (χ3n) is 5.33. The lowest BCUT2D eigenvalue weighted by Gasteiger charge is -2.32. The average Bonchev–Trinajstić information content (AvgIpc) is 3.46. The maximum absolute atomic E-state index is 12.9. The third kappa shape index (κ3) is 3.91. The van der Waals surface area contributed by atoms with Crippen LogP contribution in [-0.2, 0) is 6.42 Å². The number of amides is 1. The van der Waals surface area contributed by atoms with Gasteiger partial charge >= 0.3 is 0 Å². The number of nitrogens with zero attached hydrogens (tertiary/aromatic N) is 3. The first kappa shape index (κ1) is 17.8. The molecule has 1 aliphatic heterocycles. The summed E-state index contributed by atoms with van der Waals surface area (Å²) in [5, 5.41) is 4.09. The van der Waals surface area contributed by atoms with Crippen LogP contribution in [0.1, 0.15) is 53.7 Å². The highest BCUT2D eigenvalue weighted by atomic mass is 16.5. The lowest BCUT2D eigenvalue weighted by Crippen LogP contribution is -2.40. The molecule has 2 fully saturated rings. The summed E-state index contributed by atoms with van der Waals surface area (Å²) in [7, 11) is 3.16. The number of carbonyl (C=O) groups is 1. The summed E-state index contributed by atoms with van der Waals surface area (Å²) in [6.45, 7) is 1.47. The minimum absolute atomic E-state index is 0.0184. The number of likely N-dealkylation sites (tertiary alicyclic amines) is 1. The minimum atomic E-state index is 0.0184. The molecule has 2 aromatic rings. The Bertz CT molecular complexity index is 815. The van der Waals surface area contributed by atoms with Crippen molar-refractivity contribution in [3.05, 3.63) is 35.5 Å². The zero-order valence-electron chi connectivity index (χ0n) is 15.8. The van der Waals surface area contributed by atoms with Crippen LogP contribution in [0.15, 0.2) is 22.7 Å². The predicted molar refractivity (Wildman–Crippen MR) is 98.2 cm³/mol. The quantitative estimate of drug-likeness (QED) is 0.777. The van der Waals surface area contributed by atoms with Crippen LogP contribution in [0.4, 0.5) is 0 Å². The van der Waals surface area contributed by atoms with Gasteiger partial charge in [-0.05, 0) is 49.8 Å². The monoisotopic (exact) mass is 371 g/mol. The highest BCUT2D eigenvalue weighted by Gasteiger charge is 2.30. The maximum atomic E-state index is 12.9. The predicted octanol–water partition coefficient (Wildman–Crippen LogP) is 3.06. The zero-order valence-corrected chi connectivity index (χ0v) is 15.8. The van der Waals surface area contributed by atoms with Crippen molar-refractivity contribution in [3.63, 3.8) is 0 Å². The second-order valence-electron chi connectivity index (χ2n) is 7.35. The van der Waals surface area contributed by atoms with E-state index in [0.29, 0.717) is 41.3 Å². The molecule has 2 aliphatic rings. The minimum Gasteiger partial charge on any atom is -0.493 e. The molecule has 1 aromatic carbocycles. The lowest BCUT2D eigenvalue weighted by atomic mass is 9.94. The van der Waals surface area contributed by atoms with E-state index in [0.717, 1.165) is 44.5 Å². The molecule has 1 saturated heterocycles. The summed E-state index contributed by atoms with van der Waals surface area (Å²) in [4.78, 5) is 19.4. The van der Waals surface area contributed by atoms with Crippen molar-refractivity contribution in [3.8, 4) is 11.5 Å². The number of aromatic nitrogens is 2. The van der Waals surface area contributed by atoms with Gasteiger partial charge < -0.3 is 18.9 Å². The van der Waals surface area contributed by atoms with Gasteiger partial charge in [0.05, 0.1) is 14.2 Å². The second-order valence-corrected chi connectivity index (χ2v) is 7.35. The maximum Gasteiger partial charge on any atom is 0.254 e. The Hall–Kier alpha value is -2.57. The molecule has 0 bridgehead atoms. The van der Waals surface area contributed by atoms with Gasteiger partial charge in [0.15, 0.2) is 17.3 Å². The molecule has 1 unspecified atom stereocenters. The van der Waals surface area contributed by atoms with Crippen LogP contribution in [0.5, 0.6) is 11.5 Å². The standard InChI is InChI=1S/C20H25N3O4/c1-25-16-8-7-15(11-17(16)26-2)20(24)23-9-3-4-13(12-23)10-18-21-19(22-27-18)14-5-6-14/h7-8,11,13-14H,3-6,9-10,12H2,1-2H3. The molecular formula is C20H25N3O4. The molecule has 1 aromatic heterocycles. The molecular weight excluding hydrogens is 346 g/mol. The van der Waals surface area contributed by atoms with Crippen LogP contribution in [0.25, 0.3) is 0 Å². The van der Waals surface area contributed by atoms with Crippen LogP contribution in [-0.4, -0.2) is 48.3 Å². The normalized spacial score (nSPS) is 19.8. The summed E-state index contributed by atoms with van der Waals surface area (Å²) < 4.78 is 16.0. The van der Waals surface area contributed by atoms with Crippen molar-refractivity contribution >= 4 is 5.91 Å². The molecule has 27 heavy (non-hydrogen) atoms.